The van der Waals surface area contributed by atoms with E-state index in [0.717, 1.165) is 47.1 Å². The Balaban J connectivity index is 1.41. The van der Waals surface area contributed by atoms with Gasteiger partial charge >= 0.3 is 0 Å². The second kappa shape index (κ2) is 13.7. The van der Waals surface area contributed by atoms with Crippen molar-refractivity contribution in [3.05, 3.63) is 84.4 Å². The minimum Gasteiger partial charge on any atom is -0.328 e. The van der Waals surface area contributed by atoms with E-state index in [9.17, 15) is 9.59 Å². The first-order valence-corrected chi connectivity index (χ1v) is 13.9. The first kappa shape index (κ1) is 27.3. The van der Waals surface area contributed by atoms with Crippen LogP contribution in [0.15, 0.2) is 83.8 Å². The van der Waals surface area contributed by atoms with Crippen molar-refractivity contribution in [3.63, 3.8) is 0 Å². The van der Waals surface area contributed by atoms with Gasteiger partial charge in [0, 0.05) is 23.4 Å². The van der Waals surface area contributed by atoms with Crippen LogP contribution in [-0.4, -0.2) is 49.5 Å². The molecule has 0 radical (unpaired) electrons. The van der Waals surface area contributed by atoms with Crippen molar-refractivity contribution in [1.29, 1.82) is 0 Å². The van der Waals surface area contributed by atoms with E-state index >= 15 is 0 Å². The summed E-state index contributed by atoms with van der Waals surface area (Å²) in [7, 11) is 0. The maximum absolute atomic E-state index is 13.3. The Morgan fingerprint density at radius 2 is 1.66 bits per heavy atom. The number of hydrogen-bond donors (Lipinski definition) is 1. The SMILES string of the molecule is CC(C)C(C=O)N(Cc1ccc(-c2ccccc2-c2nn[nH]n2)cc1)C(=O)CCCCSc1ccccc1. The monoisotopic (exact) mass is 527 g/mol. The van der Waals surface area contributed by atoms with Crippen LogP contribution in [-0.2, 0) is 16.1 Å². The van der Waals surface area contributed by atoms with E-state index < -0.39 is 6.04 Å². The molecule has 1 amide bonds. The third kappa shape index (κ3) is 7.16. The lowest BCUT2D eigenvalue weighted by Crippen LogP contribution is -2.43. The second-order valence-electron chi connectivity index (χ2n) is 9.49. The first-order chi connectivity index (χ1) is 18.6. The zero-order valence-corrected chi connectivity index (χ0v) is 22.6. The van der Waals surface area contributed by atoms with Crippen molar-refractivity contribution in [2.75, 3.05) is 5.75 Å². The van der Waals surface area contributed by atoms with Crippen molar-refractivity contribution >= 4 is 24.0 Å². The van der Waals surface area contributed by atoms with Crippen molar-refractivity contribution < 1.29 is 9.59 Å². The van der Waals surface area contributed by atoms with Gasteiger partial charge in [0.25, 0.3) is 0 Å². The van der Waals surface area contributed by atoms with Gasteiger partial charge in [-0.25, -0.2) is 0 Å². The van der Waals surface area contributed by atoms with Crippen molar-refractivity contribution in [2.24, 2.45) is 5.92 Å². The Labute approximate surface area is 228 Å². The smallest absolute Gasteiger partial charge is 0.223 e. The molecule has 1 unspecified atom stereocenters. The highest BCUT2D eigenvalue weighted by molar-refractivity contribution is 7.99. The third-order valence-corrected chi connectivity index (χ3v) is 7.53. The number of amides is 1. The molecule has 1 atom stereocenters. The quantitative estimate of drug-likeness (QED) is 0.129. The zero-order chi connectivity index (χ0) is 26.7. The van der Waals surface area contributed by atoms with Gasteiger partial charge in [0.2, 0.25) is 11.7 Å². The van der Waals surface area contributed by atoms with Crippen LogP contribution in [0.25, 0.3) is 22.5 Å². The van der Waals surface area contributed by atoms with Crippen LogP contribution >= 0.6 is 11.8 Å². The van der Waals surface area contributed by atoms with E-state index in [2.05, 4.69) is 32.8 Å². The summed E-state index contributed by atoms with van der Waals surface area (Å²) in [6.45, 7) is 4.35. The molecule has 1 N–H and O–H groups in total. The van der Waals surface area contributed by atoms with Gasteiger partial charge in [0.05, 0.1) is 6.04 Å². The van der Waals surface area contributed by atoms with Gasteiger partial charge in [-0.15, -0.1) is 22.0 Å². The molecule has 0 aliphatic carbocycles. The number of tetrazole rings is 1. The van der Waals surface area contributed by atoms with E-state index in [-0.39, 0.29) is 11.8 Å². The summed E-state index contributed by atoms with van der Waals surface area (Å²) < 4.78 is 0. The van der Waals surface area contributed by atoms with Crippen molar-refractivity contribution in [3.8, 4) is 22.5 Å². The molecular weight excluding hydrogens is 494 g/mol. The number of unbranched alkanes of at least 4 members (excludes halogenated alkanes) is 1. The first-order valence-electron chi connectivity index (χ1n) is 12.9. The molecular formula is C30H33N5O2S. The molecule has 0 spiro atoms. The molecule has 3 aromatic carbocycles. The van der Waals surface area contributed by atoms with Crippen LogP contribution in [0.1, 0.15) is 38.7 Å². The number of aromatic nitrogens is 4. The van der Waals surface area contributed by atoms with Crippen molar-refractivity contribution in [2.45, 2.75) is 50.6 Å². The molecule has 1 aromatic heterocycles. The molecule has 0 fully saturated rings. The number of nitrogens with one attached hydrogen (secondary N) is 1. The molecule has 196 valence electrons. The summed E-state index contributed by atoms with van der Waals surface area (Å²) in [5.41, 5.74) is 3.87. The number of H-pyrrole nitrogens is 1. The molecule has 0 aliphatic rings. The molecule has 0 bridgehead atoms. The predicted octanol–water partition coefficient (Wildman–Crippen LogP) is 6.05. The van der Waals surface area contributed by atoms with Crippen LogP contribution in [0.4, 0.5) is 0 Å². The minimum absolute atomic E-state index is 0.0204. The van der Waals surface area contributed by atoms with Crippen molar-refractivity contribution in [1.82, 2.24) is 25.5 Å². The fourth-order valence-corrected chi connectivity index (χ4v) is 5.30. The van der Waals surface area contributed by atoms with Gasteiger partial charge in [-0.3, -0.25) is 4.79 Å². The Bertz CT molecular complexity index is 1290. The maximum Gasteiger partial charge on any atom is 0.223 e. The molecule has 0 saturated carbocycles. The molecule has 7 nitrogen and oxygen atoms in total. The van der Waals surface area contributed by atoms with Gasteiger partial charge in [-0.05, 0) is 58.5 Å². The molecule has 4 aromatic rings. The molecule has 1 heterocycles. The number of benzene rings is 3. The summed E-state index contributed by atoms with van der Waals surface area (Å²) in [4.78, 5) is 28.3. The molecule has 0 saturated heterocycles. The summed E-state index contributed by atoms with van der Waals surface area (Å²) in [5, 5.41) is 14.4. The Morgan fingerprint density at radius 3 is 2.32 bits per heavy atom. The summed E-state index contributed by atoms with van der Waals surface area (Å²) >= 11 is 1.80. The van der Waals surface area contributed by atoms with Gasteiger partial charge in [-0.2, -0.15) is 5.21 Å². The highest BCUT2D eigenvalue weighted by atomic mass is 32.2. The van der Waals surface area contributed by atoms with E-state index in [1.807, 2.05) is 80.6 Å². The third-order valence-electron chi connectivity index (χ3n) is 6.43. The minimum atomic E-state index is -0.458. The Hall–Kier alpha value is -3.78. The predicted molar refractivity (Wildman–Crippen MR) is 151 cm³/mol. The molecule has 0 aliphatic heterocycles. The normalized spacial score (nSPS) is 11.9. The second-order valence-corrected chi connectivity index (χ2v) is 10.7. The molecule has 4 rings (SSSR count). The number of hydrogen-bond acceptors (Lipinski definition) is 6. The highest BCUT2D eigenvalue weighted by Gasteiger charge is 2.26. The number of thioether (sulfide) groups is 1. The fourth-order valence-electron chi connectivity index (χ4n) is 4.37. The van der Waals surface area contributed by atoms with Gasteiger partial charge in [-0.1, -0.05) is 80.6 Å². The maximum atomic E-state index is 13.3. The number of carbonyl (C=O) groups is 2. The van der Waals surface area contributed by atoms with Gasteiger partial charge < -0.3 is 9.69 Å². The lowest BCUT2D eigenvalue weighted by molar-refractivity contribution is -0.138. The largest absolute Gasteiger partial charge is 0.328 e. The van der Waals surface area contributed by atoms with Crippen LogP contribution < -0.4 is 0 Å². The van der Waals surface area contributed by atoms with Gasteiger partial charge in [0.1, 0.15) is 6.29 Å². The fraction of sp³-hybridized carbons (Fsp3) is 0.300. The van der Waals surface area contributed by atoms with E-state index in [1.54, 1.807) is 16.7 Å². The summed E-state index contributed by atoms with van der Waals surface area (Å²) in [6.07, 6.45) is 3.08. The molecule has 38 heavy (non-hydrogen) atoms. The topological polar surface area (TPSA) is 91.8 Å². The lowest BCUT2D eigenvalue weighted by Gasteiger charge is -2.31. The van der Waals surface area contributed by atoms with Crippen LogP contribution in [0.5, 0.6) is 0 Å². The van der Waals surface area contributed by atoms with E-state index in [0.29, 0.717) is 18.8 Å². The van der Waals surface area contributed by atoms with Crippen LogP contribution in [0.2, 0.25) is 0 Å². The summed E-state index contributed by atoms with van der Waals surface area (Å²) in [5.74, 6) is 1.55. The van der Waals surface area contributed by atoms with E-state index in [1.165, 1.54) is 4.90 Å². The Morgan fingerprint density at radius 1 is 0.947 bits per heavy atom. The average molecular weight is 528 g/mol. The lowest BCUT2D eigenvalue weighted by atomic mass is 9.97. The zero-order valence-electron chi connectivity index (χ0n) is 21.8. The van der Waals surface area contributed by atoms with E-state index in [4.69, 9.17) is 0 Å². The molecule has 8 heteroatoms. The number of rotatable bonds is 13. The van der Waals surface area contributed by atoms with Crippen LogP contribution in [0.3, 0.4) is 0 Å². The average Bonchev–Trinajstić information content (AvgIpc) is 3.48. The van der Waals surface area contributed by atoms with Gasteiger partial charge in [0.15, 0.2) is 0 Å². The number of aromatic amines is 1. The summed E-state index contributed by atoms with van der Waals surface area (Å²) in [6, 6.07) is 25.8. The number of aldehydes is 1. The highest BCUT2D eigenvalue weighted by Crippen LogP contribution is 2.30. The number of nitrogens with zero attached hydrogens (tertiary/aromatic N) is 4. The van der Waals surface area contributed by atoms with Crippen LogP contribution in [0, 0.1) is 5.92 Å². The standard InChI is InChI=1S/C30H33N5O2S/c1-22(2)28(21-36)35(29(37)14-8-9-19-38-25-10-4-3-5-11-25)20-23-15-17-24(18-16-23)26-12-6-7-13-27(26)30-31-33-34-32-30/h3-7,10-13,15-18,21-22,28H,8-9,14,19-20H2,1-2H3,(H,31,32,33,34). The Kier molecular flexibility index (Phi) is 9.81. The number of carbonyl (C=O) groups excluding carboxylic acids is 2.